The summed E-state index contributed by atoms with van der Waals surface area (Å²) in [6.45, 7) is -0.201. The summed E-state index contributed by atoms with van der Waals surface area (Å²) in [6.07, 6.45) is 3.02. The second kappa shape index (κ2) is 3.66. The Bertz CT molecular complexity index is 506. The number of carbonyl (C=O) groups excluding carboxylic acids is 1. The Morgan fingerprint density at radius 3 is 3.13 bits per heavy atom. The molecule has 2 aromatic heterocycles. The minimum Gasteiger partial charge on any atom is -0.465 e. The molecule has 0 saturated heterocycles. The number of hydrogen-bond donors (Lipinski definition) is 1. The lowest BCUT2D eigenvalue weighted by Gasteiger charge is -2.03. The molecule has 0 atom stereocenters. The average Bonchev–Trinajstić information content (AvgIpc) is 2.74. The van der Waals surface area contributed by atoms with Gasteiger partial charge in [-0.15, -0.1) is 10.2 Å². The molecule has 0 unspecified atom stereocenters. The molecule has 78 valence electrons. The van der Waals surface area contributed by atoms with Crippen LogP contribution >= 0.6 is 0 Å². The first kappa shape index (κ1) is 9.60. The van der Waals surface area contributed by atoms with Gasteiger partial charge in [-0.2, -0.15) is 0 Å². The number of carbonyl (C=O) groups is 1. The largest absolute Gasteiger partial charge is 0.465 e. The minimum absolute atomic E-state index is 0.201. The Balaban J connectivity index is 2.63. The lowest BCUT2D eigenvalue weighted by atomic mass is 10.2. The van der Waals surface area contributed by atoms with Crippen LogP contribution in [-0.2, 0) is 11.3 Å². The van der Waals surface area contributed by atoms with Gasteiger partial charge in [0.25, 0.3) is 0 Å². The van der Waals surface area contributed by atoms with E-state index < -0.39 is 5.97 Å². The molecule has 2 aromatic rings. The number of aromatic nitrogens is 3. The first-order valence-corrected chi connectivity index (χ1v) is 4.27. The summed E-state index contributed by atoms with van der Waals surface area (Å²) in [6, 6.07) is 1.54. The van der Waals surface area contributed by atoms with Crippen LogP contribution in [0.2, 0.25) is 0 Å². The van der Waals surface area contributed by atoms with Crippen molar-refractivity contribution in [3.8, 4) is 0 Å². The monoisotopic (exact) mass is 207 g/mol. The van der Waals surface area contributed by atoms with Gasteiger partial charge in [-0.05, 0) is 6.07 Å². The van der Waals surface area contributed by atoms with Crippen LogP contribution < -0.4 is 0 Å². The van der Waals surface area contributed by atoms with Gasteiger partial charge in [-0.3, -0.25) is 4.40 Å². The highest BCUT2D eigenvalue weighted by Crippen LogP contribution is 2.12. The zero-order chi connectivity index (χ0) is 10.8. The number of aliphatic hydroxyl groups excluding tert-OH is 1. The van der Waals surface area contributed by atoms with Crippen molar-refractivity contribution < 1.29 is 14.6 Å². The van der Waals surface area contributed by atoms with Crippen molar-refractivity contribution in [1.29, 1.82) is 0 Å². The maximum absolute atomic E-state index is 11.3. The van der Waals surface area contributed by atoms with E-state index >= 15 is 0 Å². The van der Waals surface area contributed by atoms with Crippen LogP contribution in [0, 0.1) is 0 Å². The lowest BCUT2D eigenvalue weighted by Crippen LogP contribution is -2.05. The fourth-order valence-electron chi connectivity index (χ4n) is 1.35. The van der Waals surface area contributed by atoms with Gasteiger partial charge < -0.3 is 9.84 Å². The van der Waals surface area contributed by atoms with Gasteiger partial charge in [0.15, 0.2) is 5.65 Å². The third-order valence-electron chi connectivity index (χ3n) is 2.06. The molecule has 2 heterocycles. The summed E-state index contributed by atoms with van der Waals surface area (Å²) < 4.78 is 6.15. The van der Waals surface area contributed by atoms with Crippen molar-refractivity contribution in [3.63, 3.8) is 0 Å². The lowest BCUT2D eigenvalue weighted by molar-refractivity contribution is 0.0600. The molecule has 0 spiro atoms. The molecule has 0 aromatic carbocycles. The number of esters is 1. The number of aliphatic hydroxyl groups is 1. The third kappa shape index (κ3) is 1.55. The molecule has 1 N–H and O–H groups in total. The van der Waals surface area contributed by atoms with E-state index in [0.29, 0.717) is 16.8 Å². The highest BCUT2D eigenvalue weighted by atomic mass is 16.5. The molecule has 0 aliphatic rings. The van der Waals surface area contributed by atoms with Gasteiger partial charge in [0.05, 0.1) is 19.3 Å². The van der Waals surface area contributed by atoms with Crippen LogP contribution in [0.5, 0.6) is 0 Å². The smallest absolute Gasteiger partial charge is 0.339 e. The molecule has 6 heteroatoms. The number of methoxy groups -OCH3 is 1. The Labute approximate surface area is 85.1 Å². The van der Waals surface area contributed by atoms with Gasteiger partial charge in [0.1, 0.15) is 6.33 Å². The van der Waals surface area contributed by atoms with Crippen molar-refractivity contribution in [1.82, 2.24) is 14.6 Å². The summed E-state index contributed by atoms with van der Waals surface area (Å²) >= 11 is 0. The second-order valence-electron chi connectivity index (χ2n) is 2.97. The standard InChI is InChI=1S/C9H9N3O3/c1-15-9(14)6-2-7(4-13)8-11-10-5-12(8)3-6/h2-3,5,13H,4H2,1H3. The van der Waals surface area contributed by atoms with Crippen LogP contribution in [0.3, 0.4) is 0 Å². The van der Waals surface area contributed by atoms with Crippen LogP contribution in [-0.4, -0.2) is 32.8 Å². The number of pyridine rings is 1. The SMILES string of the molecule is COC(=O)c1cc(CO)c2nncn2c1. The molecular formula is C9H9N3O3. The fourth-order valence-corrected chi connectivity index (χ4v) is 1.35. The minimum atomic E-state index is -0.458. The van der Waals surface area contributed by atoms with Crippen molar-refractivity contribution in [2.75, 3.05) is 7.11 Å². The molecule has 2 rings (SSSR count). The molecule has 15 heavy (non-hydrogen) atoms. The van der Waals surface area contributed by atoms with Crippen LogP contribution in [0.25, 0.3) is 5.65 Å². The van der Waals surface area contributed by atoms with Gasteiger partial charge in [0, 0.05) is 11.8 Å². The number of hydrogen-bond acceptors (Lipinski definition) is 5. The zero-order valence-electron chi connectivity index (χ0n) is 8.04. The van der Waals surface area contributed by atoms with E-state index in [4.69, 9.17) is 5.11 Å². The first-order chi connectivity index (χ1) is 7.26. The molecule has 0 amide bonds. The molecule has 0 radical (unpaired) electrons. The summed E-state index contributed by atoms with van der Waals surface area (Å²) in [4.78, 5) is 11.3. The highest BCUT2D eigenvalue weighted by Gasteiger charge is 2.11. The molecule has 6 nitrogen and oxygen atoms in total. The highest BCUT2D eigenvalue weighted by molar-refractivity contribution is 5.89. The average molecular weight is 207 g/mol. The molecular weight excluding hydrogens is 198 g/mol. The van der Waals surface area contributed by atoms with Gasteiger partial charge in [0.2, 0.25) is 0 Å². The number of fused-ring (bicyclic) bond motifs is 1. The number of ether oxygens (including phenoxy) is 1. The van der Waals surface area contributed by atoms with Crippen LogP contribution in [0.4, 0.5) is 0 Å². The molecule has 0 saturated carbocycles. The Morgan fingerprint density at radius 1 is 1.67 bits per heavy atom. The Morgan fingerprint density at radius 2 is 2.47 bits per heavy atom. The van der Waals surface area contributed by atoms with E-state index in [-0.39, 0.29) is 6.61 Å². The van der Waals surface area contributed by atoms with Crippen molar-refractivity contribution in [3.05, 3.63) is 29.7 Å². The van der Waals surface area contributed by atoms with Gasteiger partial charge >= 0.3 is 5.97 Å². The predicted molar refractivity (Wildman–Crippen MR) is 50.2 cm³/mol. The van der Waals surface area contributed by atoms with E-state index in [1.165, 1.54) is 19.5 Å². The van der Waals surface area contributed by atoms with E-state index in [1.807, 2.05) is 0 Å². The van der Waals surface area contributed by atoms with Crippen molar-refractivity contribution in [2.45, 2.75) is 6.61 Å². The molecule has 0 aliphatic heterocycles. The summed E-state index contributed by atoms with van der Waals surface area (Å²) in [7, 11) is 1.30. The Hall–Kier alpha value is -1.95. The fraction of sp³-hybridized carbons (Fsp3) is 0.222. The summed E-state index contributed by atoms with van der Waals surface area (Å²) in [5.74, 6) is -0.458. The third-order valence-corrected chi connectivity index (χ3v) is 2.06. The van der Waals surface area contributed by atoms with Crippen molar-refractivity contribution >= 4 is 11.6 Å². The molecule has 0 fully saturated rings. The maximum Gasteiger partial charge on any atom is 0.339 e. The van der Waals surface area contributed by atoms with E-state index in [2.05, 4.69) is 14.9 Å². The van der Waals surface area contributed by atoms with Gasteiger partial charge in [-0.25, -0.2) is 4.79 Å². The topological polar surface area (TPSA) is 76.7 Å². The number of rotatable bonds is 2. The van der Waals surface area contributed by atoms with E-state index in [1.54, 1.807) is 10.6 Å². The number of nitrogens with zero attached hydrogens (tertiary/aromatic N) is 3. The summed E-state index contributed by atoms with van der Waals surface area (Å²) in [5.41, 5.74) is 1.43. The van der Waals surface area contributed by atoms with Crippen molar-refractivity contribution in [2.24, 2.45) is 0 Å². The van der Waals surface area contributed by atoms with Crippen LogP contribution in [0.15, 0.2) is 18.6 Å². The zero-order valence-corrected chi connectivity index (χ0v) is 8.04. The second-order valence-corrected chi connectivity index (χ2v) is 2.97. The normalized spacial score (nSPS) is 10.5. The first-order valence-electron chi connectivity index (χ1n) is 4.27. The van der Waals surface area contributed by atoms with E-state index in [9.17, 15) is 4.79 Å². The predicted octanol–water partition coefficient (Wildman–Crippen LogP) is 0.00820. The quantitative estimate of drug-likeness (QED) is 0.702. The Kier molecular flexibility index (Phi) is 2.34. The maximum atomic E-state index is 11.3. The molecule has 0 aliphatic carbocycles. The van der Waals surface area contributed by atoms with E-state index in [0.717, 1.165) is 0 Å². The van der Waals surface area contributed by atoms with Gasteiger partial charge in [-0.1, -0.05) is 0 Å². The summed E-state index contributed by atoms with van der Waals surface area (Å²) in [5, 5.41) is 16.6. The molecule has 0 bridgehead atoms. The van der Waals surface area contributed by atoms with Crippen LogP contribution in [0.1, 0.15) is 15.9 Å².